The first kappa shape index (κ1) is 14.2. The van der Waals surface area contributed by atoms with E-state index < -0.39 is 0 Å². The molecule has 0 aliphatic carbocycles. The second kappa shape index (κ2) is 5.35. The Morgan fingerprint density at radius 1 is 1.22 bits per heavy atom. The fraction of sp³-hybridized carbons (Fsp3) is 0.111. The van der Waals surface area contributed by atoms with E-state index in [9.17, 15) is 9.90 Å². The smallest absolute Gasteiger partial charge is 0.281 e. The number of phenols is 1. The van der Waals surface area contributed by atoms with E-state index in [1.807, 2.05) is 30.3 Å². The van der Waals surface area contributed by atoms with Gasteiger partial charge < -0.3 is 9.67 Å². The highest BCUT2D eigenvalue weighted by atomic mass is 79.9. The van der Waals surface area contributed by atoms with Crippen LogP contribution in [0.5, 0.6) is 5.75 Å². The zero-order valence-electron chi connectivity index (χ0n) is 12.2. The molecular weight excluding hydrogens is 356 g/mol. The number of benzene rings is 2. The van der Waals surface area contributed by atoms with Crippen molar-refractivity contribution >= 4 is 38.5 Å². The summed E-state index contributed by atoms with van der Waals surface area (Å²) in [5.41, 5.74) is 2.37. The molecule has 1 aliphatic rings. The van der Waals surface area contributed by atoms with Crippen molar-refractivity contribution in [1.29, 1.82) is 0 Å². The lowest BCUT2D eigenvalue weighted by atomic mass is 10.1. The zero-order valence-corrected chi connectivity index (χ0v) is 13.7. The topological polar surface area (TPSA) is 55.1 Å². The fourth-order valence-corrected chi connectivity index (χ4v) is 3.38. The lowest BCUT2D eigenvalue weighted by Gasteiger charge is -2.07. The molecular formula is C18H13BrN2O2. The highest BCUT2D eigenvalue weighted by Gasteiger charge is 2.20. The fourth-order valence-electron chi connectivity index (χ4n) is 3.00. The van der Waals surface area contributed by atoms with Crippen LogP contribution in [-0.2, 0) is 6.54 Å². The third-order valence-electron chi connectivity index (χ3n) is 4.10. The van der Waals surface area contributed by atoms with Gasteiger partial charge in [0.15, 0.2) is 0 Å². The molecule has 1 N–H and O–H groups in total. The first-order valence-electron chi connectivity index (χ1n) is 7.32. The molecule has 0 bridgehead atoms. The van der Waals surface area contributed by atoms with Gasteiger partial charge >= 0.3 is 0 Å². The zero-order chi connectivity index (χ0) is 16.0. The van der Waals surface area contributed by atoms with Crippen molar-refractivity contribution in [3.05, 3.63) is 68.7 Å². The van der Waals surface area contributed by atoms with Crippen LogP contribution in [0.3, 0.4) is 0 Å². The van der Waals surface area contributed by atoms with Crippen LogP contribution in [0.25, 0.3) is 22.6 Å². The summed E-state index contributed by atoms with van der Waals surface area (Å²) in [6.07, 6.45) is 2.69. The molecule has 5 heteroatoms. The lowest BCUT2D eigenvalue weighted by molar-refractivity contribution is 0.474. The molecule has 4 rings (SSSR count). The van der Waals surface area contributed by atoms with Crippen molar-refractivity contribution in [1.82, 2.24) is 9.55 Å². The second-order valence-electron chi connectivity index (χ2n) is 5.53. The van der Waals surface area contributed by atoms with Gasteiger partial charge in [0.1, 0.15) is 11.6 Å². The number of hydrogen-bond acceptors (Lipinski definition) is 3. The average Bonchev–Trinajstić information content (AvgIpc) is 2.94. The van der Waals surface area contributed by atoms with E-state index in [0.29, 0.717) is 16.8 Å². The summed E-state index contributed by atoms with van der Waals surface area (Å²) in [6, 6.07) is 12.8. The summed E-state index contributed by atoms with van der Waals surface area (Å²) in [7, 11) is 0. The number of allylic oxidation sites excluding steroid dienone is 1. The number of fused-ring (bicyclic) bond motifs is 3. The van der Waals surface area contributed by atoms with Gasteiger partial charge in [-0.05, 0) is 48.4 Å². The molecule has 0 unspecified atom stereocenters. The second-order valence-corrected chi connectivity index (χ2v) is 6.45. The Morgan fingerprint density at radius 2 is 2.04 bits per heavy atom. The third kappa shape index (κ3) is 2.37. The quantitative estimate of drug-likeness (QED) is 0.710. The maximum Gasteiger partial charge on any atom is 0.281 e. The van der Waals surface area contributed by atoms with Crippen molar-refractivity contribution in [2.75, 3.05) is 0 Å². The number of aryl methyl sites for hydroxylation is 1. The molecule has 1 aromatic heterocycles. The first-order chi connectivity index (χ1) is 11.1. The molecule has 2 aromatic carbocycles. The van der Waals surface area contributed by atoms with Crippen molar-refractivity contribution in [2.24, 2.45) is 0 Å². The van der Waals surface area contributed by atoms with Gasteiger partial charge in [0.25, 0.3) is 5.56 Å². The molecule has 3 aromatic rings. The molecule has 0 saturated heterocycles. The summed E-state index contributed by atoms with van der Waals surface area (Å²) >= 11 is 3.41. The van der Waals surface area contributed by atoms with Gasteiger partial charge in [-0.1, -0.05) is 28.1 Å². The normalized spacial score (nSPS) is 15.3. The van der Waals surface area contributed by atoms with Gasteiger partial charge in [0.2, 0.25) is 0 Å². The molecule has 0 fully saturated rings. The van der Waals surface area contributed by atoms with Crippen molar-refractivity contribution in [2.45, 2.75) is 13.0 Å². The maximum atomic E-state index is 12.2. The van der Waals surface area contributed by atoms with Crippen LogP contribution in [0.15, 0.2) is 51.7 Å². The van der Waals surface area contributed by atoms with Crippen LogP contribution in [0.1, 0.15) is 17.8 Å². The Balaban J connectivity index is 1.93. The molecule has 114 valence electrons. The Labute approximate surface area is 140 Å². The number of nitrogens with zero attached hydrogens (tertiary/aromatic N) is 2. The van der Waals surface area contributed by atoms with Crippen molar-refractivity contribution in [3.8, 4) is 5.75 Å². The molecule has 0 spiro atoms. The maximum absolute atomic E-state index is 12.2. The summed E-state index contributed by atoms with van der Waals surface area (Å²) < 4.78 is 2.96. The highest BCUT2D eigenvalue weighted by Crippen LogP contribution is 2.32. The lowest BCUT2D eigenvalue weighted by Crippen LogP contribution is -2.14. The minimum absolute atomic E-state index is 0.210. The van der Waals surface area contributed by atoms with E-state index in [4.69, 9.17) is 0 Å². The number of phenolic OH excluding ortho intramolecular Hbond substituents is 1. The van der Waals surface area contributed by atoms with E-state index in [0.717, 1.165) is 28.5 Å². The van der Waals surface area contributed by atoms with Crippen LogP contribution in [0.4, 0.5) is 0 Å². The van der Waals surface area contributed by atoms with Crippen LogP contribution < -0.4 is 5.56 Å². The molecule has 0 amide bonds. The van der Waals surface area contributed by atoms with Gasteiger partial charge in [-0.15, -0.1) is 0 Å². The van der Waals surface area contributed by atoms with E-state index >= 15 is 0 Å². The van der Waals surface area contributed by atoms with Gasteiger partial charge in [0.05, 0.1) is 10.9 Å². The number of aromatic nitrogens is 2. The third-order valence-corrected chi connectivity index (χ3v) is 4.59. The minimum atomic E-state index is -0.210. The number of halogens is 1. The monoisotopic (exact) mass is 368 g/mol. The van der Waals surface area contributed by atoms with E-state index in [-0.39, 0.29) is 11.3 Å². The average molecular weight is 369 g/mol. The van der Waals surface area contributed by atoms with Crippen molar-refractivity contribution in [3.63, 3.8) is 0 Å². The van der Waals surface area contributed by atoms with Crippen LogP contribution >= 0.6 is 15.9 Å². The Hall–Kier alpha value is -2.40. The molecule has 0 saturated carbocycles. The van der Waals surface area contributed by atoms with E-state index in [2.05, 4.69) is 25.5 Å². The number of hydrogen-bond donors (Lipinski definition) is 1. The van der Waals surface area contributed by atoms with Crippen molar-refractivity contribution < 1.29 is 5.11 Å². The molecule has 0 atom stereocenters. The SMILES string of the molecule is O=c1nc2n(c3ccccc13)CC/C2=C\c1cc(Br)ccc1O. The van der Waals surface area contributed by atoms with Gasteiger partial charge in [-0.2, -0.15) is 4.98 Å². The standard InChI is InChI=1S/C18H13BrN2O2/c19-13-5-6-16(22)12(10-13)9-11-7-8-21-15-4-2-1-3-14(15)18(23)20-17(11)21/h1-6,9-10,22H,7-8H2/b11-9+. The minimum Gasteiger partial charge on any atom is -0.507 e. The summed E-state index contributed by atoms with van der Waals surface area (Å²) in [4.78, 5) is 16.5. The predicted molar refractivity (Wildman–Crippen MR) is 94.3 cm³/mol. The Bertz CT molecular complexity index is 1020. The molecule has 1 aliphatic heterocycles. The number of rotatable bonds is 1. The Kier molecular flexibility index (Phi) is 3.31. The van der Waals surface area contributed by atoms with Gasteiger partial charge in [-0.25, -0.2) is 0 Å². The van der Waals surface area contributed by atoms with Gasteiger partial charge in [-0.3, -0.25) is 4.79 Å². The predicted octanol–water partition coefficient (Wildman–Crippen LogP) is 3.81. The molecule has 2 heterocycles. The number of aromatic hydroxyl groups is 1. The van der Waals surface area contributed by atoms with Gasteiger partial charge in [0, 0.05) is 16.6 Å². The highest BCUT2D eigenvalue weighted by molar-refractivity contribution is 9.10. The Morgan fingerprint density at radius 3 is 2.91 bits per heavy atom. The number of para-hydroxylation sites is 1. The summed E-state index contributed by atoms with van der Waals surface area (Å²) in [5, 5.41) is 10.7. The van der Waals surface area contributed by atoms with Crippen LogP contribution in [0.2, 0.25) is 0 Å². The summed E-state index contributed by atoms with van der Waals surface area (Å²) in [6.45, 7) is 0.781. The van der Waals surface area contributed by atoms with Crippen LogP contribution in [0, 0.1) is 0 Å². The summed E-state index contributed by atoms with van der Waals surface area (Å²) in [5.74, 6) is 0.898. The largest absolute Gasteiger partial charge is 0.507 e. The molecule has 4 nitrogen and oxygen atoms in total. The van der Waals surface area contributed by atoms with Crippen LogP contribution in [-0.4, -0.2) is 14.7 Å². The molecule has 23 heavy (non-hydrogen) atoms. The molecule has 0 radical (unpaired) electrons. The first-order valence-corrected chi connectivity index (χ1v) is 8.12. The van der Waals surface area contributed by atoms with E-state index in [1.54, 1.807) is 18.2 Å². The van der Waals surface area contributed by atoms with E-state index in [1.165, 1.54) is 0 Å².